The third-order valence-electron chi connectivity index (χ3n) is 1.86. The number of benzene rings is 1. The van der Waals surface area contributed by atoms with Crippen LogP contribution in [0.15, 0.2) is 18.2 Å². The largest absolute Gasteiger partial charge is 0.390 e. The summed E-state index contributed by atoms with van der Waals surface area (Å²) in [6, 6.07) is 5.01. The van der Waals surface area contributed by atoms with Crippen LogP contribution in [-0.4, -0.2) is 4.92 Å². The Morgan fingerprint density at radius 3 is 2.86 bits per heavy atom. The minimum atomic E-state index is -0.381. The molecule has 0 aliphatic rings. The summed E-state index contributed by atoms with van der Waals surface area (Å²) in [6.45, 7) is 0. The average molecular weight is 320 g/mol. The van der Waals surface area contributed by atoms with Gasteiger partial charge in [0.15, 0.2) is 0 Å². The summed E-state index contributed by atoms with van der Waals surface area (Å²) in [5.41, 5.74) is 5.84. The van der Waals surface area contributed by atoms with E-state index in [0.29, 0.717) is 9.70 Å². The number of nitro groups is 1. The van der Waals surface area contributed by atoms with Crippen molar-refractivity contribution in [3.63, 3.8) is 0 Å². The van der Waals surface area contributed by atoms with E-state index in [4.69, 9.17) is 5.73 Å². The van der Waals surface area contributed by atoms with Gasteiger partial charge in [0, 0.05) is 11.5 Å². The minimum absolute atomic E-state index is 0.127. The van der Waals surface area contributed by atoms with E-state index in [2.05, 4.69) is 22.6 Å². The summed E-state index contributed by atoms with van der Waals surface area (Å²) in [7, 11) is 0. The first-order chi connectivity index (χ1) is 6.61. The number of hydrogen-bond acceptors (Lipinski definition) is 4. The molecule has 0 fully saturated rings. The summed E-state index contributed by atoms with van der Waals surface area (Å²) in [4.78, 5) is 10.3. The predicted octanol–water partition coefficient (Wildman–Crippen LogP) is 3.00. The number of anilines is 1. The summed E-state index contributed by atoms with van der Waals surface area (Å²) in [6.07, 6.45) is 0. The molecule has 1 aromatic carbocycles. The van der Waals surface area contributed by atoms with Gasteiger partial charge in [-0.15, -0.1) is 11.3 Å². The molecule has 1 heterocycles. The summed E-state index contributed by atoms with van der Waals surface area (Å²) >= 11 is 3.36. The number of halogens is 1. The maximum absolute atomic E-state index is 10.7. The number of nitrogens with zero attached hydrogens (tertiary/aromatic N) is 1. The molecule has 0 amide bonds. The Kier molecular flexibility index (Phi) is 2.31. The highest BCUT2D eigenvalue weighted by Gasteiger charge is 2.16. The fraction of sp³-hybridized carbons (Fsp3) is 0. The van der Waals surface area contributed by atoms with Crippen molar-refractivity contribution in [1.82, 2.24) is 0 Å². The molecule has 0 aliphatic heterocycles. The molecule has 2 aromatic rings. The second-order valence-electron chi connectivity index (χ2n) is 2.69. The highest BCUT2D eigenvalue weighted by atomic mass is 127. The van der Waals surface area contributed by atoms with Gasteiger partial charge in [0.25, 0.3) is 5.69 Å². The van der Waals surface area contributed by atoms with Crippen molar-refractivity contribution < 1.29 is 4.92 Å². The van der Waals surface area contributed by atoms with Crippen molar-refractivity contribution in [1.29, 1.82) is 0 Å². The molecule has 72 valence electrons. The van der Waals surface area contributed by atoms with Crippen molar-refractivity contribution in [2.45, 2.75) is 0 Å². The van der Waals surface area contributed by atoms with Gasteiger partial charge >= 0.3 is 0 Å². The van der Waals surface area contributed by atoms with E-state index >= 15 is 0 Å². The van der Waals surface area contributed by atoms with E-state index < -0.39 is 0 Å². The number of non-ortho nitro benzene ring substituents is 1. The number of thiophene rings is 1. The van der Waals surface area contributed by atoms with Gasteiger partial charge in [0.2, 0.25) is 0 Å². The third kappa shape index (κ3) is 1.34. The van der Waals surface area contributed by atoms with Crippen LogP contribution in [0.4, 0.5) is 10.7 Å². The molecule has 2 rings (SSSR count). The van der Waals surface area contributed by atoms with Crippen molar-refractivity contribution in [3.05, 3.63) is 31.9 Å². The van der Waals surface area contributed by atoms with Gasteiger partial charge in [0.05, 0.1) is 8.49 Å². The van der Waals surface area contributed by atoms with Crippen LogP contribution in [0.5, 0.6) is 0 Å². The highest BCUT2D eigenvalue weighted by molar-refractivity contribution is 14.1. The highest BCUT2D eigenvalue weighted by Crippen LogP contribution is 2.39. The Morgan fingerprint density at radius 1 is 1.50 bits per heavy atom. The van der Waals surface area contributed by atoms with Crippen molar-refractivity contribution >= 4 is 54.7 Å². The Bertz CT molecular complexity index is 523. The lowest BCUT2D eigenvalue weighted by Crippen LogP contribution is -1.86. The molecule has 0 saturated carbocycles. The smallest absolute Gasteiger partial charge is 0.287 e. The van der Waals surface area contributed by atoms with E-state index in [9.17, 15) is 10.1 Å². The molecule has 0 atom stereocenters. The minimum Gasteiger partial charge on any atom is -0.390 e. The van der Waals surface area contributed by atoms with Crippen LogP contribution in [0, 0.1) is 13.7 Å². The zero-order valence-corrected chi connectivity index (χ0v) is 9.83. The van der Waals surface area contributed by atoms with Crippen LogP contribution in [0.25, 0.3) is 10.1 Å². The fourth-order valence-corrected chi connectivity index (χ4v) is 3.15. The SMILES string of the molecule is Nc1sc2c([N+](=O)[O-])cccc2c1I. The summed E-state index contributed by atoms with van der Waals surface area (Å²) < 4.78 is 1.55. The predicted molar refractivity (Wildman–Crippen MR) is 65.6 cm³/mol. The van der Waals surface area contributed by atoms with Gasteiger partial charge < -0.3 is 5.73 Å². The molecular weight excluding hydrogens is 315 g/mol. The normalized spacial score (nSPS) is 10.6. The monoisotopic (exact) mass is 320 g/mol. The molecular formula is C8H5IN2O2S. The number of rotatable bonds is 1. The third-order valence-corrected chi connectivity index (χ3v) is 4.44. The van der Waals surface area contributed by atoms with E-state index in [1.54, 1.807) is 6.07 Å². The molecule has 4 nitrogen and oxygen atoms in total. The molecule has 6 heteroatoms. The van der Waals surface area contributed by atoms with Crippen molar-refractivity contribution in [2.24, 2.45) is 0 Å². The van der Waals surface area contributed by atoms with E-state index in [-0.39, 0.29) is 10.6 Å². The van der Waals surface area contributed by atoms with E-state index in [1.165, 1.54) is 17.4 Å². The zero-order valence-electron chi connectivity index (χ0n) is 6.86. The van der Waals surface area contributed by atoms with Gasteiger partial charge in [-0.3, -0.25) is 10.1 Å². The lowest BCUT2D eigenvalue weighted by atomic mass is 10.2. The summed E-state index contributed by atoms with van der Waals surface area (Å²) in [5.74, 6) is 0. The maximum atomic E-state index is 10.7. The Balaban J connectivity index is 2.88. The first-order valence-corrected chi connectivity index (χ1v) is 5.61. The lowest BCUT2D eigenvalue weighted by Gasteiger charge is -1.92. The first kappa shape index (κ1) is 9.66. The number of hydrogen-bond donors (Lipinski definition) is 1. The molecule has 14 heavy (non-hydrogen) atoms. The van der Waals surface area contributed by atoms with Crippen LogP contribution in [0.1, 0.15) is 0 Å². The number of fused-ring (bicyclic) bond motifs is 1. The second kappa shape index (κ2) is 3.35. The molecule has 0 bridgehead atoms. The van der Waals surface area contributed by atoms with Gasteiger partial charge in [-0.1, -0.05) is 12.1 Å². The Morgan fingerprint density at radius 2 is 2.21 bits per heavy atom. The molecule has 1 aromatic heterocycles. The van der Waals surface area contributed by atoms with Crippen LogP contribution in [0.3, 0.4) is 0 Å². The second-order valence-corrected chi connectivity index (χ2v) is 4.82. The van der Waals surface area contributed by atoms with Gasteiger partial charge in [-0.25, -0.2) is 0 Å². The number of nitrogen functional groups attached to an aromatic ring is 1. The maximum Gasteiger partial charge on any atom is 0.287 e. The van der Waals surface area contributed by atoms with Crippen molar-refractivity contribution in [3.8, 4) is 0 Å². The van der Waals surface area contributed by atoms with Crippen LogP contribution in [-0.2, 0) is 0 Å². The molecule has 0 saturated heterocycles. The molecule has 0 aliphatic carbocycles. The number of nitrogens with two attached hydrogens (primary N) is 1. The van der Waals surface area contributed by atoms with Gasteiger partial charge in [-0.05, 0) is 22.6 Å². The fourth-order valence-electron chi connectivity index (χ4n) is 1.24. The molecule has 2 N–H and O–H groups in total. The first-order valence-electron chi connectivity index (χ1n) is 3.72. The van der Waals surface area contributed by atoms with Crippen LogP contribution in [0.2, 0.25) is 0 Å². The quantitative estimate of drug-likeness (QED) is 0.499. The molecule has 0 spiro atoms. The van der Waals surface area contributed by atoms with Gasteiger partial charge in [0.1, 0.15) is 9.70 Å². The number of nitro benzene ring substituents is 1. The Labute approximate surface area is 97.0 Å². The lowest BCUT2D eigenvalue weighted by molar-refractivity contribution is -0.382. The molecule has 0 radical (unpaired) electrons. The molecule has 0 unspecified atom stereocenters. The zero-order chi connectivity index (χ0) is 10.3. The van der Waals surface area contributed by atoms with Gasteiger partial charge in [-0.2, -0.15) is 0 Å². The van der Waals surface area contributed by atoms with Crippen LogP contribution < -0.4 is 5.73 Å². The van der Waals surface area contributed by atoms with Crippen LogP contribution >= 0.6 is 33.9 Å². The summed E-state index contributed by atoms with van der Waals surface area (Å²) in [5, 5.41) is 12.2. The average Bonchev–Trinajstić information content (AvgIpc) is 2.43. The topological polar surface area (TPSA) is 69.2 Å². The van der Waals surface area contributed by atoms with E-state index in [0.717, 1.165) is 8.96 Å². The van der Waals surface area contributed by atoms with Crippen molar-refractivity contribution in [2.75, 3.05) is 5.73 Å². The Hall–Kier alpha value is -0.890. The standard InChI is InChI=1S/C8H5IN2O2S/c9-6-4-2-1-3-5(11(12)13)7(4)14-8(6)10/h1-3H,10H2. The van der Waals surface area contributed by atoms with E-state index in [1.807, 2.05) is 6.07 Å².